The number of hydrogen-bond donors (Lipinski definition) is 2. The Morgan fingerprint density at radius 1 is 0.979 bits per heavy atom. The molecule has 4 atom stereocenters. The van der Waals surface area contributed by atoms with Gasteiger partial charge in [-0.2, -0.15) is 13.2 Å². The molecule has 8 nitrogen and oxygen atoms in total. The number of benzene rings is 3. The fraction of sp³-hybridized carbons (Fsp3) is 0.429. The van der Waals surface area contributed by atoms with Gasteiger partial charge in [-0.25, -0.2) is 0 Å². The minimum atomic E-state index is -4.58. The molecule has 2 aliphatic heterocycles. The van der Waals surface area contributed by atoms with Crippen LogP contribution < -0.4 is 25.3 Å². The van der Waals surface area contributed by atoms with Crippen molar-refractivity contribution in [3.63, 3.8) is 0 Å². The summed E-state index contributed by atoms with van der Waals surface area (Å²) < 4.78 is 57.6. The van der Waals surface area contributed by atoms with Gasteiger partial charge in [-0.05, 0) is 79.3 Å². The predicted octanol–water partition coefficient (Wildman–Crippen LogP) is 6.85. The lowest BCUT2D eigenvalue weighted by Gasteiger charge is -2.61. The molecule has 0 radical (unpaired) electrons. The molecule has 3 N–H and O–H groups in total. The van der Waals surface area contributed by atoms with Gasteiger partial charge in [-0.1, -0.05) is 48.3 Å². The fourth-order valence-electron chi connectivity index (χ4n) is 8.04. The number of alkyl halides is 3. The van der Waals surface area contributed by atoms with E-state index in [4.69, 9.17) is 43.1 Å². The average Bonchev–Trinajstić information content (AvgIpc) is 3.63. The van der Waals surface area contributed by atoms with Gasteiger partial charge in [-0.15, -0.1) is 0 Å². The highest BCUT2D eigenvalue weighted by Crippen LogP contribution is 2.59. The summed E-state index contributed by atoms with van der Waals surface area (Å²) in [6, 6.07) is 12.8. The molecule has 5 rings (SSSR count). The molecule has 0 aliphatic carbocycles. The summed E-state index contributed by atoms with van der Waals surface area (Å²) in [7, 11) is 4.38. The molecule has 3 aromatic carbocycles. The molecule has 2 amide bonds. The van der Waals surface area contributed by atoms with Gasteiger partial charge < -0.3 is 30.2 Å². The standard InChI is InChI=1S/C35H38Cl2F3N3O5/c1-5-34(24-12-14-42-19-24)30(20-6-11-25(36)26(37)16-20)33(32(41)45,22-7-9-23(10-8-22)35(38,39)40)13-15-43(34)31(44)21-17-27(46-2)29(48-4)28(18-21)47-3/h6-11,16-18,24,30,42H,5,12-15,19H2,1-4H3,(H2,41,45). The van der Waals surface area contributed by atoms with Gasteiger partial charge in [0, 0.05) is 24.6 Å². The maximum Gasteiger partial charge on any atom is 0.416 e. The van der Waals surface area contributed by atoms with Gasteiger partial charge in [-0.3, -0.25) is 9.59 Å². The van der Waals surface area contributed by atoms with Crippen molar-refractivity contribution in [3.05, 3.63) is 86.9 Å². The van der Waals surface area contributed by atoms with Crippen molar-refractivity contribution >= 4 is 35.0 Å². The van der Waals surface area contributed by atoms with Crippen molar-refractivity contribution in [2.45, 2.75) is 49.2 Å². The smallest absolute Gasteiger partial charge is 0.416 e. The Hall–Kier alpha value is -3.67. The maximum atomic E-state index is 14.9. The van der Waals surface area contributed by atoms with E-state index >= 15 is 0 Å². The number of rotatable bonds is 9. The van der Waals surface area contributed by atoms with E-state index in [1.807, 2.05) is 6.92 Å². The van der Waals surface area contributed by atoms with Crippen LogP contribution in [0.1, 0.15) is 59.2 Å². The highest BCUT2D eigenvalue weighted by atomic mass is 35.5. The number of piperidine rings is 1. The molecular formula is C35H38Cl2F3N3O5. The van der Waals surface area contributed by atoms with E-state index < -0.39 is 34.5 Å². The molecule has 4 unspecified atom stereocenters. The molecular weight excluding hydrogens is 670 g/mol. The zero-order valence-corrected chi connectivity index (χ0v) is 28.6. The van der Waals surface area contributed by atoms with Gasteiger partial charge in [0.1, 0.15) is 0 Å². The zero-order valence-electron chi connectivity index (χ0n) is 27.0. The first-order chi connectivity index (χ1) is 22.8. The molecule has 3 aromatic rings. The number of carbonyl (C=O) groups is 2. The summed E-state index contributed by atoms with van der Waals surface area (Å²) in [4.78, 5) is 30.8. The number of amides is 2. The number of likely N-dealkylation sites (tertiary alicyclic amines) is 1. The lowest BCUT2D eigenvalue weighted by atomic mass is 9.51. The fourth-order valence-corrected chi connectivity index (χ4v) is 8.34. The molecule has 48 heavy (non-hydrogen) atoms. The maximum absolute atomic E-state index is 14.9. The monoisotopic (exact) mass is 707 g/mol. The van der Waals surface area contributed by atoms with Crippen LogP contribution in [0.15, 0.2) is 54.6 Å². The summed E-state index contributed by atoms with van der Waals surface area (Å²) in [5.41, 5.74) is 4.08. The first-order valence-electron chi connectivity index (χ1n) is 15.5. The summed E-state index contributed by atoms with van der Waals surface area (Å²) >= 11 is 13.0. The number of nitrogens with two attached hydrogens (primary N) is 1. The van der Waals surface area contributed by atoms with Gasteiger partial charge in [0.05, 0.1) is 47.9 Å². The second-order valence-corrected chi connectivity index (χ2v) is 13.0. The zero-order chi connectivity index (χ0) is 35.0. The van der Waals surface area contributed by atoms with Gasteiger partial charge in [0.2, 0.25) is 11.7 Å². The molecule has 2 saturated heterocycles. The molecule has 0 bridgehead atoms. The normalized spacial score (nSPS) is 24.3. The Bertz CT molecular complexity index is 1660. The van der Waals surface area contributed by atoms with Crippen molar-refractivity contribution in [1.82, 2.24) is 10.2 Å². The van der Waals surface area contributed by atoms with E-state index in [-0.39, 0.29) is 40.4 Å². The Morgan fingerprint density at radius 2 is 1.62 bits per heavy atom. The Labute approximate surface area is 287 Å². The highest BCUT2D eigenvalue weighted by Gasteiger charge is 2.64. The van der Waals surface area contributed by atoms with E-state index in [0.717, 1.165) is 12.1 Å². The number of ether oxygens (including phenoxy) is 3. The summed E-state index contributed by atoms with van der Waals surface area (Å²) in [6.07, 6.45) is -3.53. The topological polar surface area (TPSA) is 103 Å². The molecule has 2 aliphatic rings. The number of methoxy groups -OCH3 is 3. The van der Waals surface area contributed by atoms with Crippen molar-refractivity contribution in [2.75, 3.05) is 41.0 Å². The molecule has 2 heterocycles. The Morgan fingerprint density at radius 3 is 2.10 bits per heavy atom. The third-order valence-corrected chi connectivity index (χ3v) is 10.9. The Kier molecular flexibility index (Phi) is 10.2. The second kappa shape index (κ2) is 13.7. The van der Waals surface area contributed by atoms with Crippen LogP contribution in [0.25, 0.3) is 0 Å². The SMILES string of the molecule is CCC1(C2CCNC2)C(c2ccc(Cl)c(Cl)c2)C(C(N)=O)(c2ccc(C(F)(F)F)cc2)CCN1C(=O)c1cc(OC)c(OC)c(OC)c1. The molecule has 0 saturated carbocycles. The van der Waals surface area contributed by atoms with E-state index in [0.29, 0.717) is 54.3 Å². The molecule has 13 heteroatoms. The summed E-state index contributed by atoms with van der Waals surface area (Å²) in [6.45, 7) is 3.20. The number of nitrogens with one attached hydrogen (secondary N) is 1. The lowest BCUT2D eigenvalue weighted by Crippen LogP contribution is -2.70. The van der Waals surface area contributed by atoms with Crippen LogP contribution in [0.4, 0.5) is 13.2 Å². The van der Waals surface area contributed by atoms with Gasteiger partial charge >= 0.3 is 6.18 Å². The van der Waals surface area contributed by atoms with Crippen molar-refractivity contribution in [2.24, 2.45) is 11.7 Å². The number of carbonyl (C=O) groups excluding carboxylic acids is 2. The van der Waals surface area contributed by atoms with Crippen LogP contribution in [0.3, 0.4) is 0 Å². The van der Waals surface area contributed by atoms with Crippen LogP contribution in [0, 0.1) is 5.92 Å². The predicted molar refractivity (Wildman–Crippen MR) is 177 cm³/mol. The molecule has 0 aromatic heterocycles. The molecule has 258 valence electrons. The first-order valence-corrected chi connectivity index (χ1v) is 16.3. The van der Waals surface area contributed by atoms with Crippen LogP contribution >= 0.6 is 23.2 Å². The molecule has 0 spiro atoms. The van der Waals surface area contributed by atoms with E-state index in [9.17, 15) is 22.8 Å². The average molecular weight is 709 g/mol. The first kappa shape index (κ1) is 35.6. The number of nitrogens with zero attached hydrogens (tertiary/aromatic N) is 1. The minimum absolute atomic E-state index is 0.0245. The number of halogens is 5. The van der Waals surface area contributed by atoms with Crippen LogP contribution in [-0.4, -0.2) is 63.2 Å². The van der Waals surface area contributed by atoms with E-state index in [2.05, 4.69) is 5.32 Å². The lowest BCUT2D eigenvalue weighted by molar-refractivity contribution is -0.137. The highest BCUT2D eigenvalue weighted by molar-refractivity contribution is 6.42. The van der Waals surface area contributed by atoms with Crippen molar-refractivity contribution in [1.29, 1.82) is 0 Å². The van der Waals surface area contributed by atoms with Crippen molar-refractivity contribution < 1.29 is 37.0 Å². The third-order valence-electron chi connectivity index (χ3n) is 10.2. The third kappa shape index (κ3) is 5.83. The van der Waals surface area contributed by atoms with E-state index in [1.54, 1.807) is 35.2 Å². The Balaban J connectivity index is 1.81. The number of primary amides is 1. The largest absolute Gasteiger partial charge is 0.493 e. The minimum Gasteiger partial charge on any atom is -0.493 e. The summed E-state index contributed by atoms with van der Waals surface area (Å²) in [5, 5.41) is 3.92. The van der Waals surface area contributed by atoms with Crippen LogP contribution in [0.5, 0.6) is 17.2 Å². The van der Waals surface area contributed by atoms with E-state index in [1.165, 1.54) is 33.5 Å². The second-order valence-electron chi connectivity index (χ2n) is 12.2. The number of hydrogen-bond acceptors (Lipinski definition) is 6. The van der Waals surface area contributed by atoms with Gasteiger partial charge in [0.25, 0.3) is 5.91 Å². The molecule has 2 fully saturated rings. The quantitative estimate of drug-likeness (QED) is 0.252. The summed E-state index contributed by atoms with van der Waals surface area (Å²) in [5.74, 6) is -1.20. The van der Waals surface area contributed by atoms with Crippen LogP contribution in [0.2, 0.25) is 10.0 Å². The van der Waals surface area contributed by atoms with Crippen LogP contribution in [-0.2, 0) is 16.4 Å². The van der Waals surface area contributed by atoms with Crippen molar-refractivity contribution in [3.8, 4) is 17.2 Å². The van der Waals surface area contributed by atoms with Gasteiger partial charge in [0.15, 0.2) is 11.5 Å².